The lowest BCUT2D eigenvalue weighted by Gasteiger charge is -2.37. The van der Waals surface area contributed by atoms with Crippen LogP contribution in [0.25, 0.3) is 0 Å². The molecule has 1 unspecified atom stereocenters. The van der Waals surface area contributed by atoms with Crippen molar-refractivity contribution in [1.82, 2.24) is 14.9 Å². The van der Waals surface area contributed by atoms with Gasteiger partial charge in [-0.15, -0.1) is 0 Å². The minimum absolute atomic E-state index is 0.385. The molecule has 1 aliphatic rings. The Bertz CT molecular complexity index is 550. The number of anilines is 1. The van der Waals surface area contributed by atoms with Crippen LogP contribution in [-0.4, -0.2) is 34.5 Å². The smallest absolute Gasteiger partial charge is 0.144 e. The molecule has 0 amide bonds. The van der Waals surface area contributed by atoms with Gasteiger partial charge in [0.1, 0.15) is 5.82 Å². The second-order valence-corrected chi connectivity index (χ2v) is 6.12. The van der Waals surface area contributed by atoms with Gasteiger partial charge in [-0.25, -0.2) is 4.98 Å². The fourth-order valence-corrected chi connectivity index (χ4v) is 3.06. The third-order valence-electron chi connectivity index (χ3n) is 4.48. The first-order valence-electron chi connectivity index (χ1n) is 8.12. The summed E-state index contributed by atoms with van der Waals surface area (Å²) in [7, 11) is 0. The molecule has 1 fully saturated rings. The number of hydrogen-bond acceptors (Lipinski definition) is 4. The van der Waals surface area contributed by atoms with Gasteiger partial charge in [-0.1, -0.05) is 37.3 Å². The summed E-state index contributed by atoms with van der Waals surface area (Å²) in [5, 5.41) is 3.44. The highest BCUT2D eigenvalue weighted by Crippen LogP contribution is 2.26. The summed E-state index contributed by atoms with van der Waals surface area (Å²) in [6.45, 7) is 5.55. The van der Waals surface area contributed by atoms with E-state index in [1.54, 1.807) is 18.6 Å². The van der Waals surface area contributed by atoms with Crippen LogP contribution in [0, 0.1) is 5.92 Å². The standard InChI is InChI=1S/C18H24N4/c1-15-7-11-22(12-8-15)17(16-5-3-2-4-6-16)13-21-18-14-19-9-10-20-18/h2-6,9-10,14-15,17H,7-8,11-13H2,1H3,(H,20,21). The van der Waals surface area contributed by atoms with Gasteiger partial charge < -0.3 is 5.32 Å². The van der Waals surface area contributed by atoms with Gasteiger partial charge in [-0.3, -0.25) is 9.88 Å². The second-order valence-electron chi connectivity index (χ2n) is 6.12. The highest BCUT2D eigenvalue weighted by atomic mass is 15.2. The fraction of sp³-hybridized carbons (Fsp3) is 0.444. The quantitative estimate of drug-likeness (QED) is 0.918. The van der Waals surface area contributed by atoms with Gasteiger partial charge in [0, 0.05) is 18.9 Å². The lowest BCUT2D eigenvalue weighted by atomic mass is 9.95. The van der Waals surface area contributed by atoms with Crippen LogP contribution >= 0.6 is 0 Å². The number of piperidine rings is 1. The molecule has 1 atom stereocenters. The molecule has 4 nitrogen and oxygen atoms in total. The third-order valence-corrected chi connectivity index (χ3v) is 4.48. The van der Waals surface area contributed by atoms with Crippen molar-refractivity contribution in [2.45, 2.75) is 25.8 Å². The van der Waals surface area contributed by atoms with Crippen LogP contribution in [0.15, 0.2) is 48.9 Å². The third kappa shape index (κ3) is 3.83. The molecule has 0 radical (unpaired) electrons. The molecule has 3 rings (SSSR count). The number of aromatic nitrogens is 2. The maximum Gasteiger partial charge on any atom is 0.144 e. The molecule has 1 aromatic carbocycles. The number of benzene rings is 1. The minimum Gasteiger partial charge on any atom is -0.367 e. The van der Waals surface area contributed by atoms with E-state index in [4.69, 9.17) is 0 Å². The average molecular weight is 296 g/mol. The summed E-state index contributed by atoms with van der Waals surface area (Å²) >= 11 is 0. The summed E-state index contributed by atoms with van der Waals surface area (Å²) in [5.74, 6) is 1.69. The van der Waals surface area contributed by atoms with Crippen molar-refractivity contribution in [3.63, 3.8) is 0 Å². The van der Waals surface area contributed by atoms with E-state index in [1.807, 2.05) is 0 Å². The van der Waals surface area contributed by atoms with Crippen molar-refractivity contribution < 1.29 is 0 Å². The number of likely N-dealkylation sites (tertiary alicyclic amines) is 1. The maximum atomic E-state index is 4.31. The maximum absolute atomic E-state index is 4.31. The van der Waals surface area contributed by atoms with E-state index in [-0.39, 0.29) is 0 Å². The molecule has 2 aromatic rings. The van der Waals surface area contributed by atoms with Gasteiger partial charge in [-0.2, -0.15) is 0 Å². The Labute approximate surface area is 132 Å². The van der Waals surface area contributed by atoms with E-state index in [9.17, 15) is 0 Å². The molecular formula is C18H24N4. The van der Waals surface area contributed by atoms with E-state index < -0.39 is 0 Å². The summed E-state index contributed by atoms with van der Waals surface area (Å²) in [5.41, 5.74) is 1.37. The van der Waals surface area contributed by atoms with Gasteiger partial charge in [0.05, 0.1) is 12.2 Å². The number of nitrogens with one attached hydrogen (secondary N) is 1. The molecule has 22 heavy (non-hydrogen) atoms. The largest absolute Gasteiger partial charge is 0.367 e. The summed E-state index contributed by atoms with van der Waals surface area (Å²) in [6.07, 6.45) is 7.78. The summed E-state index contributed by atoms with van der Waals surface area (Å²) in [4.78, 5) is 11.0. The molecule has 0 saturated carbocycles. The molecule has 2 heterocycles. The molecule has 1 aromatic heterocycles. The molecule has 4 heteroatoms. The second kappa shape index (κ2) is 7.36. The van der Waals surface area contributed by atoms with Crippen LogP contribution in [0.1, 0.15) is 31.4 Å². The van der Waals surface area contributed by atoms with Crippen molar-refractivity contribution >= 4 is 5.82 Å². The van der Waals surface area contributed by atoms with Crippen molar-refractivity contribution in [3.8, 4) is 0 Å². The molecular weight excluding hydrogens is 272 g/mol. The summed E-state index contributed by atoms with van der Waals surface area (Å²) < 4.78 is 0. The molecule has 0 aliphatic carbocycles. The topological polar surface area (TPSA) is 41.0 Å². The average Bonchev–Trinajstić information content (AvgIpc) is 2.58. The normalized spacial score (nSPS) is 18.0. The zero-order valence-corrected chi connectivity index (χ0v) is 13.2. The van der Waals surface area contributed by atoms with Crippen molar-refractivity contribution in [2.75, 3.05) is 25.0 Å². The zero-order valence-electron chi connectivity index (χ0n) is 13.2. The van der Waals surface area contributed by atoms with Gasteiger partial charge in [0.2, 0.25) is 0 Å². The van der Waals surface area contributed by atoms with Gasteiger partial charge >= 0.3 is 0 Å². The Morgan fingerprint density at radius 2 is 1.95 bits per heavy atom. The van der Waals surface area contributed by atoms with Gasteiger partial charge in [-0.05, 0) is 37.4 Å². The van der Waals surface area contributed by atoms with Crippen LogP contribution in [0.4, 0.5) is 5.82 Å². The Hall–Kier alpha value is -1.94. The number of rotatable bonds is 5. The Balaban J connectivity index is 1.71. The molecule has 1 saturated heterocycles. The van der Waals surface area contributed by atoms with Gasteiger partial charge in [0.25, 0.3) is 0 Å². The minimum atomic E-state index is 0.385. The lowest BCUT2D eigenvalue weighted by molar-refractivity contribution is 0.143. The van der Waals surface area contributed by atoms with Crippen molar-refractivity contribution in [1.29, 1.82) is 0 Å². The summed E-state index contributed by atoms with van der Waals surface area (Å²) in [6, 6.07) is 11.2. The molecule has 116 valence electrons. The monoisotopic (exact) mass is 296 g/mol. The predicted octanol–water partition coefficient (Wildman–Crippen LogP) is 3.36. The molecule has 0 spiro atoms. The van der Waals surface area contributed by atoms with E-state index >= 15 is 0 Å². The van der Waals surface area contributed by atoms with Crippen LogP contribution in [-0.2, 0) is 0 Å². The van der Waals surface area contributed by atoms with E-state index in [1.165, 1.54) is 31.5 Å². The predicted molar refractivity (Wildman–Crippen MR) is 89.7 cm³/mol. The van der Waals surface area contributed by atoms with Gasteiger partial charge in [0.15, 0.2) is 0 Å². The SMILES string of the molecule is CC1CCN(C(CNc2cnccn2)c2ccccc2)CC1. The lowest BCUT2D eigenvalue weighted by Crippen LogP contribution is -2.39. The van der Waals surface area contributed by atoms with Crippen LogP contribution in [0.2, 0.25) is 0 Å². The molecule has 1 N–H and O–H groups in total. The van der Waals surface area contributed by atoms with Crippen LogP contribution < -0.4 is 5.32 Å². The Morgan fingerprint density at radius 1 is 1.18 bits per heavy atom. The number of nitrogens with zero attached hydrogens (tertiary/aromatic N) is 3. The van der Waals surface area contributed by atoms with E-state index in [0.29, 0.717) is 6.04 Å². The fourth-order valence-electron chi connectivity index (χ4n) is 3.06. The van der Waals surface area contributed by atoms with E-state index in [2.05, 4.69) is 57.4 Å². The molecule has 1 aliphatic heterocycles. The van der Waals surface area contributed by atoms with Crippen LogP contribution in [0.5, 0.6) is 0 Å². The van der Waals surface area contributed by atoms with E-state index in [0.717, 1.165) is 18.3 Å². The Kier molecular flexibility index (Phi) is 5.01. The number of hydrogen-bond donors (Lipinski definition) is 1. The highest BCUT2D eigenvalue weighted by molar-refractivity contribution is 5.31. The highest BCUT2D eigenvalue weighted by Gasteiger charge is 2.24. The molecule has 0 bridgehead atoms. The van der Waals surface area contributed by atoms with Crippen molar-refractivity contribution in [2.24, 2.45) is 5.92 Å². The first kappa shape index (κ1) is 15.0. The zero-order chi connectivity index (χ0) is 15.2. The first-order chi connectivity index (χ1) is 10.8. The van der Waals surface area contributed by atoms with Crippen molar-refractivity contribution in [3.05, 3.63) is 54.5 Å². The first-order valence-corrected chi connectivity index (χ1v) is 8.12. The Morgan fingerprint density at radius 3 is 2.64 bits per heavy atom. The van der Waals surface area contributed by atoms with Crippen LogP contribution in [0.3, 0.4) is 0 Å².